The summed E-state index contributed by atoms with van der Waals surface area (Å²) < 4.78 is 0. The Labute approximate surface area is 160 Å². The van der Waals surface area contributed by atoms with Crippen molar-refractivity contribution in [3.05, 3.63) is 29.8 Å². The molecule has 1 aromatic carbocycles. The first kappa shape index (κ1) is 19.2. The fourth-order valence-electron chi connectivity index (χ4n) is 3.92. The number of nitrogens with one attached hydrogen (secondary N) is 1. The van der Waals surface area contributed by atoms with Gasteiger partial charge in [-0.05, 0) is 44.4 Å². The summed E-state index contributed by atoms with van der Waals surface area (Å²) in [4.78, 5) is 32.8. The van der Waals surface area contributed by atoms with E-state index in [2.05, 4.69) is 10.3 Å². The number of likely N-dealkylation sites (tertiary alicyclic amines) is 1. The zero-order chi connectivity index (χ0) is 19.6. The Morgan fingerprint density at radius 3 is 2.93 bits per heavy atom. The molecular weight excluding hydrogens is 342 g/mol. The lowest BCUT2D eigenvalue weighted by atomic mass is 9.77. The van der Waals surface area contributed by atoms with Gasteiger partial charge in [-0.25, -0.2) is 4.99 Å². The summed E-state index contributed by atoms with van der Waals surface area (Å²) in [5.41, 5.74) is 7.49. The zero-order valence-electron chi connectivity index (χ0n) is 16.4. The van der Waals surface area contributed by atoms with Gasteiger partial charge in [-0.15, -0.1) is 0 Å². The summed E-state index contributed by atoms with van der Waals surface area (Å²) in [7, 11) is 1.65. The van der Waals surface area contributed by atoms with Crippen LogP contribution in [0.1, 0.15) is 31.7 Å². The van der Waals surface area contributed by atoms with E-state index in [9.17, 15) is 9.59 Å². The van der Waals surface area contributed by atoms with E-state index in [1.165, 1.54) is 4.90 Å². The minimum Gasteiger partial charge on any atom is -0.376 e. The monoisotopic (exact) mass is 371 g/mol. The summed E-state index contributed by atoms with van der Waals surface area (Å²) in [6.07, 6.45) is 2.19. The SMILES string of the molecule is Cc1cccc(NCC(=O)N2CCCC([C@]3(C)CC(=O)N(C)C(N)=N3)C2)c1. The maximum absolute atomic E-state index is 12.7. The van der Waals surface area contributed by atoms with Crippen molar-refractivity contribution < 1.29 is 9.59 Å². The third kappa shape index (κ3) is 4.23. The van der Waals surface area contributed by atoms with Crippen molar-refractivity contribution in [3.63, 3.8) is 0 Å². The van der Waals surface area contributed by atoms with Crippen molar-refractivity contribution in [2.75, 3.05) is 32.0 Å². The largest absolute Gasteiger partial charge is 0.376 e. The molecule has 1 unspecified atom stereocenters. The third-order valence-corrected chi connectivity index (χ3v) is 5.71. The van der Waals surface area contributed by atoms with Crippen LogP contribution < -0.4 is 11.1 Å². The maximum atomic E-state index is 12.7. The first-order chi connectivity index (χ1) is 12.8. The number of carbonyl (C=O) groups excluding carboxylic acids is 2. The Balaban J connectivity index is 1.63. The second kappa shape index (κ2) is 7.58. The Morgan fingerprint density at radius 1 is 1.44 bits per heavy atom. The quantitative estimate of drug-likeness (QED) is 0.841. The van der Waals surface area contributed by atoms with E-state index < -0.39 is 5.54 Å². The van der Waals surface area contributed by atoms with Crippen molar-refractivity contribution in [3.8, 4) is 0 Å². The third-order valence-electron chi connectivity index (χ3n) is 5.71. The number of nitrogens with two attached hydrogens (primary N) is 1. The number of amides is 2. The van der Waals surface area contributed by atoms with E-state index in [0.717, 1.165) is 30.6 Å². The molecule has 3 N–H and O–H groups in total. The molecule has 2 atom stereocenters. The minimum absolute atomic E-state index is 0.0189. The molecule has 0 radical (unpaired) electrons. The number of anilines is 1. The molecule has 2 aliphatic rings. The van der Waals surface area contributed by atoms with E-state index in [1.54, 1.807) is 7.05 Å². The van der Waals surface area contributed by atoms with Crippen LogP contribution in [0.2, 0.25) is 0 Å². The van der Waals surface area contributed by atoms with Gasteiger partial charge < -0.3 is 16.0 Å². The van der Waals surface area contributed by atoms with Gasteiger partial charge in [0.1, 0.15) is 0 Å². The Morgan fingerprint density at radius 2 is 2.22 bits per heavy atom. The lowest BCUT2D eigenvalue weighted by molar-refractivity contribution is -0.132. The highest BCUT2D eigenvalue weighted by Crippen LogP contribution is 2.35. The highest BCUT2D eigenvalue weighted by Gasteiger charge is 2.43. The molecule has 146 valence electrons. The average molecular weight is 371 g/mol. The van der Waals surface area contributed by atoms with Gasteiger partial charge in [0.15, 0.2) is 5.96 Å². The molecule has 0 saturated carbocycles. The number of nitrogens with zero attached hydrogens (tertiary/aromatic N) is 3. The molecule has 1 aromatic rings. The predicted octanol–water partition coefficient (Wildman–Crippen LogP) is 1.58. The van der Waals surface area contributed by atoms with Crippen molar-refractivity contribution in [1.29, 1.82) is 0 Å². The molecule has 1 fully saturated rings. The van der Waals surface area contributed by atoms with Gasteiger partial charge >= 0.3 is 0 Å². The molecule has 2 amide bonds. The summed E-state index contributed by atoms with van der Waals surface area (Å²) in [5, 5.41) is 3.21. The second-order valence-corrected chi connectivity index (χ2v) is 7.86. The molecule has 0 spiro atoms. The lowest BCUT2D eigenvalue weighted by Gasteiger charge is -2.43. The maximum Gasteiger partial charge on any atom is 0.241 e. The first-order valence-electron chi connectivity index (χ1n) is 9.49. The number of hydrogen-bond donors (Lipinski definition) is 2. The van der Waals surface area contributed by atoms with Crippen LogP contribution in [0.4, 0.5) is 5.69 Å². The molecule has 1 saturated heterocycles. The van der Waals surface area contributed by atoms with E-state index in [0.29, 0.717) is 13.0 Å². The van der Waals surface area contributed by atoms with Gasteiger partial charge in [0.25, 0.3) is 0 Å². The second-order valence-electron chi connectivity index (χ2n) is 7.86. The van der Waals surface area contributed by atoms with Crippen LogP contribution in [0.25, 0.3) is 0 Å². The predicted molar refractivity (Wildman–Crippen MR) is 106 cm³/mol. The fourth-order valence-corrected chi connectivity index (χ4v) is 3.92. The van der Waals surface area contributed by atoms with Crippen molar-refractivity contribution >= 4 is 23.5 Å². The van der Waals surface area contributed by atoms with Crippen LogP contribution in [-0.2, 0) is 9.59 Å². The highest BCUT2D eigenvalue weighted by molar-refractivity contribution is 5.98. The van der Waals surface area contributed by atoms with Crippen molar-refractivity contribution in [1.82, 2.24) is 9.80 Å². The Kier molecular flexibility index (Phi) is 5.39. The van der Waals surface area contributed by atoms with Gasteiger partial charge in [-0.1, -0.05) is 12.1 Å². The molecule has 0 bridgehead atoms. The van der Waals surface area contributed by atoms with Crippen molar-refractivity contribution in [2.45, 2.75) is 38.6 Å². The van der Waals surface area contributed by atoms with Gasteiger partial charge in [0, 0.05) is 31.7 Å². The summed E-state index contributed by atoms with van der Waals surface area (Å²) in [5.74, 6) is 0.444. The standard InChI is InChI=1S/C20H29N5O2/c1-14-6-4-8-16(10-14)22-12-18(27)25-9-5-7-15(13-25)20(2)11-17(26)24(3)19(21)23-20/h4,6,8,10,15,22H,5,7,9,11-13H2,1-3H3,(H2,21,23)/t15?,20-/m0/s1. The number of guanidine groups is 1. The van der Waals surface area contributed by atoms with E-state index in [4.69, 9.17) is 5.73 Å². The molecule has 0 aliphatic carbocycles. The Bertz CT molecular complexity index is 762. The number of carbonyl (C=O) groups is 2. The molecule has 7 nitrogen and oxygen atoms in total. The van der Waals surface area contributed by atoms with Crippen molar-refractivity contribution in [2.24, 2.45) is 16.6 Å². The molecule has 0 aromatic heterocycles. The van der Waals surface area contributed by atoms with Crippen LogP contribution in [-0.4, -0.2) is 59.8 Å². The average Bonchev–Trinajstić information content (AvgIpc) is 2.64. The summed E-state index contributed by atoms with van der Waals surface area (Å²) >= 11 is 0. The summed E-state index contributed by atoms with van der Waals surface area (Å²) in [6.45, 7) is 5.62. The van der Waals surface area contributed by atoms with Gasteiger partial charge in [-0.3, -0.25) is 14.5 Å². The number of hydrogen-bond acceptors (Lipinski definition) is 5. The van der Waals surface area contributed by atoms with E-state index in [-0.39, 0.29) is 30.2 Å². The number of piperidine rings is 1. The van der Waals surface area contributed by atoms with Crippen LogP contribution >= 0.6 is 0 Å². The zero-order valence-corrected chi connectivity index (χ0v) is 16.4. The minimum atomic E-state index is -0.545. The van der Waals surface area contributed by atoms with Crippen LogP contribution in [0, 0.1) is 12.8 Å². The molecule has 7 heteroatoms. The summed E-state index contributed by atoms with van der Waals surface area (Å²) in [6, 6.07) is 7.98. The molecule has 2 aliphatic heterocycles. The highest BCUT2D eigenvalue weighted by atomic mass is 16.2. The van der Waals surface area contributed by atoms with Gasteiger partial charge in [0.05, 0.1) is 18.5 Å². The first-order valence-corrected chi connectivity index (χ1v) is 9.49. The normalized spacial score (nSPS) is 26.0. The van der Waals surface area contributed by atoms with Crippen LogP contribution in [0.3, 0.4) is 0 Å². The topological polar surface area (TPSA) is 91.0 Å². The van der Waals surface area contributed by atoms with Gasteiger partial charge in [-0.2, -0.15) is 0 Å². The van der Waals surface area contributed by atoms with Gasteiger partial charge in [0.2, 0.25) is 11.8 Å². The number of benzene rings is 1. The van der Waals surface area contributed by atoms with Crippen LogP contribution in [0.15, 0.2) is 29.3 Å². The fraction of sp³-hybridized carbons (Fsp3) is 0.550. The molecule has 3 rings (SSSR count). The van der Waals surface area contributed by atoms with Crippen LogP contribution in [0.5, 0.6) is 0 Å². The van der Waals surface area contributed by atoms with E-state index in [1.807, 2.05) is 43.0 Å². The lowest BCUT2D eigenvalue weighted by Crippen LogP contribution is -2.55. The molecule has 2 heterocycles. The number of rotatable bonds is 4. The smallest absolute Gasteiger partial charge is 0.241 e. The number of aliphatic imine (C=N–C) groups is 1. The Hall–Kier alpha value is -2.57. The number of aryl methyl sites for hydroxylation is 1. The van der Waals surface area contributed by atoms with E-state index >= 15 is 0 Å². The molecule has 27 heavy (non-hydrogen) atoms. The molecular formula is C20H29N5O2.